The van der Waals surface area contributed by atoms with Crippen molar-refractivity contribution < 1.29 is 8.42 Å². The Balaban J connectivity index is 2.23. The van der Waals surface area contributed by atoms with Gasteiger partial charge in [0.15, 0.2) is 5.03 Å². The van der Waals surface area contributed by atoms with Crippen LogP contribution in [0.5, 0.6) is 0 Å². The Morgan fingerprint density at radius 2 is 2.35 bits per heavy atom. The SMILES string of the molecule is CCc1ncc(S(=O)(=O)N2CCN[C@@H](C)C2)[nH]1. The van der Waals surface area contributed by atoms with E-state index in [2.05, 4.69) is 15.3 Å². The highest BCUT2D eigenvalue weighted by atomic mass is 32.2. The molecule has 2 heterocycles. The Kier molecular flexibility index (Phi) is 3.50. The molecule has 2 rings (SSSR count). The van der Waals surface area contributed by atoms with Gasteiger partial charge in [-0.15, -0.1) is 0 Å². The second-order valence-corrected chi connectivity index (χ2v) is 6.17. The molecular formula is C10H18N4O2S. The molecule has 2 N–H and O–H groups in total. The predicted octanol–water partition coefficient (Wildman–Crippen LogP) is -0.0455. The second kappa shape index (κ2) is 4.75. The number of nitrogens with one attached hydrogen (secondary N) is 2. The van der Waals surface area contributed by atoms with E-state index in [-0.39, 0.29) is 11.1 Å². The number of H-pyrrole nitrogens is 1. The number of aromatic amines is 1. The highest BCUT2D eigenvalue weighted by Gasteiger charge is 2.29. The number of imidazole rings is 1. The van der Waals surface area contributed by atoms with Crippen LogP contribution in [0.25, 0.3) is 0 Å². The molecule has 1 aliphatic heterocycles. The molecule has 6 nitrogen and oxygen atoms in total. The summed E-state index contributed by atoms with van der Waals surface area (Å²) < 4.78 is 26.1. The van der Waals surface area contributed by atoms with Crippen molar-refractivity contribution in [3.05, 3.63) is 12.0 Å². The Morgan fingerprint density at radius 1 is 1.59 bits per heavy atom. The number of sulfonamides is 1. The molecule has 1 atom stereocenters. The lowest BCUT2D eigenvalue weighted by Crippen LogP contribution is -2.51. The third kappa shape index (κ3) is 2.51. The molecule has 0 unspecified atom stereocenters. The minimum absolute atomic E-state index is 0.187. The lowest BCUT2D eigenvalue weighted by atomic mass is 10.3. The summed E-state index contributed by atoms with van der Waals surface area (Å²) in [6.07, 6.45) is 2.11. The minimum atomic E-state index is -3.41. The number of aromatic nitrogens is 2. The number of aryl methyl sites for hydroxylation is 1. The molecule has 96 valence electrons. The van der Waals surface area contributed by atoms with Gasteiger partial charge in [0, 0.05) is 32.1 Å². The van der Waals surface area contributed by atoms with Crippen molar-refractivity contribution in [2.75, 3.05) is 19.6 Å². The van der Waals surface area contributed by atoms with Crippen molar-refractivity contribution in [1.82, 2.24) is 19.6 Å². The van der Waals surface area contributed by atoms with Crippen molar-refractivity contribution in [2.24, 2.45) is 0 Å². The molecule has 0 bridgehead atoms. The number of nitrogens with zero attached hydrogens (tertiary/aromatic N) is 2. The Labute approximate surface area is 101 Å². The lowest BCUT2D eigenvalue weighted by molar-refractivity contribution is 0.309. The van der Waals surface area contributed by atoms with E-state index in [9.17, 15) is 8.42 Å². The van der Waals surface area contributed by atoms with Gasteiger partial charge in [0.05, 0.1) is 6.20 Å². The zero-order valence-electron chi connectivity index (χ0n) is 10.1. The van der Waals surface area contributed by atoms with E-state index in [1.165, 1.54) is 10.5 Å². The first-order chi connectivity index (χ1) is 8.04. The van der Waals surface area contributed by atoms with Gasteiger partial charge >= 0.3 is 0 Å². The van der Waals surface area contributed by atoms with Crippen LogP contribution in [-0.2, 0) is 16.4 Å². The molecule has 1 saturated heterocycles. The van der Waals surface area contributed by atoms with Gasteiger partial charge in [0.2, 0.25) is 0 Å². The molecule has 0 radical (unpaired) electrons. The zero-order valence-corrected chi connectivity index (χ0v) is 10.9. The summed E-state index contributed by atoms with van der Waals surface area (Å²) in [6, 6.07) is 0.187. The first kappa shape index (κ1) is 12.5. The molecule has 0 amide bonds. The molecule has 0 aliphatic carbocycles. The molecular weight excluding hydrogens is 240 g/mol. The van der Waals surface area contributed by atoms with E-state index < -0.39 is 10.0 Å². The quantitative estimate of drug-likeness (QED) is 0.797. The van der Waals surface area contributed by atoms with Gasteiger partial charge in [-0.3, -0.25) is 0 Å². The summed E-state index contributed by atoms with van der Waals surface area (Å²) in [7, 11) is -3.41. The van der Waals surface area contributed by atoms with E-state index in [4.69, 9.17) is 0 Å². The maximum atomic E-state index is 12.3. The maximum Gasteiger partial charge on any atom is 0.260 e. The van der Waals surface area contributed by atoms with E-state index in [0.29, 0.717) is 31.9 Å². The Morgan fingerprint density at radius 3 is 2.94 bits per heavy atom. The lowest BCUT2D eigenvalue weighted by Gasteiger charge is -2.30. The van der Waals surface area contributed by atoms with E-state index >= 15 is 0 Å². The van der Waals surface area contributed by atoms with Crippen molar-refractivity contribution in [3.63, 3.8) is 0 Å². The maximum absolute atomic E-state index is 12.3. The molecule has 1 fully saturated rings. The van der Waals surface area contributed by atoms with E-state index in [1.54, 1.807) is 0 Å². The summed E-state index contributed by atoms with van der Waals surface area (Å²) in [5, 5.41) is 3.42. The van der Waals surface area contributed by atoms with Gasteiger partial charge in [-0.1, -0.05) is 6.92 Å². The Hall–Kier alpha value is -0.920. The fourth-order valence-electron chi connectivity index (χ4n) is 1.91. The molecule has 1 aliphatic rings. The van der Waals surface area contributed by atoms with Gasteiger partial charge in [-0.2, -0.15) is 4.31 Å². The smallest absolute Gasteiger partial charge is 0.260 e. The van der Waals surface area contributed by atoms with Crippen LogP contribution in [0.3, 0.4) is 0 Å². The van der Waals surface area contributed by atoms with Crippen LogP contribution < -0.4 is 5.32 Å². The number of hydrogen-bond donors (Lipinski definition) is 2. The highest BCUT2D eigenvalue weighted by molar-refractivity contribution is 7.89. The molecule has 17 heavy (non-hydrogen) atoms. The molecule has 1 aromatic heterocycles. The highest BCUT2D eigenvalue weighted by Crippen LogP contribution is 2.15. The third-order valence-corrected chi connectivity index (χ3v) is 4.66. The van der Waals surface area contributed by atoms with E-state index in [1.807, 2.05) is 13.8 Å². The molecule has 0 aromatic carbocycles. The summed E-state index contributed by atoms with van der Waals surface area (Å²) >= 11 is 0. The summed E-state index contributed by atoms with van der Waals surface area (Å²) in [4.78, 5) is 6.89. The summed E-state index contributed by atoms with van der Waals surface area (Å²) in [6.45, 7) is 5.61. The molecule has 0 spiro atoms. The molecule has 7 heteroatoms. The van der Waals surface area contributed by atoms with Crippen LogP contribution in [0.1, 0.15) is 19.7 Å². The number of piperazine rings is 1. The normalized spacial score (nSPS) is 22.8. The van der Waals surface area contributed by atoms with Crippen LogP contribution in [0.4, 0.5) is 0 Å². The van der Waals surface area contributed by atoms with Crippen molar-refractivity contribution in [1.29, 1.82) is 0 Å². The first-order valence-corrected chi connectivity index (χ1v) is 7.25. The van der Waals surface area contributed by atoms with Crippen LogP contribution >= 0.6 is 0 Å². The fourth-order valence-corrected chi connectivity index (χ4v) is 3.37. The van der Waals surface area contributed by atoms with Crippen molar-refractivity contribution in [3.8, 4) is 0 Å². The van der Waals surface area contributed by atoms with Crippen LogP contribution in [0.15, 0.2) is 11.2 Å². The van der Waals surface area contributed by atoms with Gasteiger partial charge in [-0.05, 0) is 6.92 Å². The van der Waals surface area contributed by atoms with E-state index in [0.717, 1.165) is 0 Å². The van der Waals surface area contributed by atoms with Crippen molar-refractivity contribution in [2.45, 2.75) is 31.3 Å². The van der Waals surface area contributed by atoms with Gasteiger partial charge < -0.3 is 10.3 Å². The van der Waals surface area contributed by atoms with Crippen LogP contribution in [0.2, 0.25) is 0 Å². The van der Waals surface area contributed by atoms with Crippen LogP contribution in [-0.4, -0.2) is 48.4 Å². The van der Waals surface area contributed by atoms with Crippen molar-refractivity contribution >= 4 is 10.0 Å². The number of hydrogen-bond acceptors (Lipinski definition) is 4. The monoisotopic (exact) mass is 258 g/mol. The largest absolute Gasteiger partial charge is 0.332 e. The molecule has 1 aromatic rings. The molecule has 0 saturated carbocycles. The predicted molar refractivity (Wildman–Crippen MR) is 64.2 cm³/mol. The average molecular weight is 258 g/mol. The minimum Gasteiger partial charge on any atom is -0.332 e. The Bertz CT molecular complexity index is 482. The first-order valence-electron chi connectivity index (χ1n) is 5.81. The topological polar surface area (TPSA) is 78.1 Å². The van der Waals surface area contributed by atoms with Gasteiger partial charge in [0.25, 0.3) is 10.0 Å². The standard InChI is InChI=1S/C10H18N4O2S/c1-3-9-12-6-10(13-9)17(15,16)14-5-4-11-8(2)7-14/h6,8,11H,3-5,7H2,1-2H3,(H,12,13)/t8-/m0/s1. The number of rotatable bonds is 3. The van der Waals surface area contributed by atoms with Gasteiger partial charge in [-0.25, -0.2) is 13.4 Å². The fraction of sp³-hybridized carbons (Fsp3) is 0.700. The second-order valence-electron chi connectivity index (χ2n) is 4.27. The summed E-state index contributed by atoms with van der Waals surface area (Å²) in [5.74, 6) is 0.701. The zero-order chi connectivity index (χ0) is 12.5. The average Bonchev–Trinajstić information content (AvgIpc) is 2.78. The van der Waals surface area contributed by atoms with Crippen LogP contribution in [0, 0.1) is 0 Å². The van der Waals surface area contributed by atoms with Gasteiger partial charge in [0.1, 0.15) is 5.82 Å². The summed E-state index contributed by atoms with van der Waals surface area (Å²) in [5.41, 5.74) is 0. The third-order valence-electron chi connectivity index (χ3n) is 2.89.